The van der Waals surface area contributed by atoms with Gasteiger partial charge in [0.15, 0.2) is 11.5 Å². The second kappa shape index (κ2) is 4.05. The molecule has 0 bridgehead atoms. The summed E-state index contributed by atoms with van der Waals surface area (Å²) in [5.74, 6) is 1.37. The highest BCUT2D eigenvalue weighted by Gasteiger charge is 2.15. The quantitative estimate of drug-likeness (QED) is 0.738. The van der Waals surface area contributed by atoms with E-state index in [1.54, 1.807) is 6.07 Å². The van der Waals surface area contributed by atoms with Crippen molar-refractivity contribution in [3.05, 3.63) is 29.3 Å². The highest BCUT2D eigenvalue weighted by atomic mass is 16.7. The van der Waals surface area contributed by atoms with Crippen molar-refractivity contribution in [1.29, 1.82) is 5.26 Å². The van der Waals surface area contributed by atoms with Crippen LogP contribution in [0.1, 0.15) is 24.5 Å². The van der Waals surface area contributed by atoms with E-state index in [9.17, 15) is 0 Å². The molecular formula is C12H11NO2. The van der Waals surface area contributed by atoms with E-state index < -0.39 is 0 Å². The molecule has 1 aliphatic heterocycles. The molecule has 3 heteroatoms. The van der Waals surface area contributed by atoms with E-state index in [1.807, 2.05) is 18.2 Å². The first-order valence-electron chi connectivity index (χ1n) is 4.85. The van der Waals surface area contributed by atoms with Crippen LogP contribution in [-0.4, -0.2) is 6.79 Å². The molecule has 76 valence electrons. The maximum Gasteiger partial charge on any atom is 0.231 e. The van der Waals surface area contributed by atoms with Crippen LogP contribution in [0.5, 0.6) is 11.5 Å². The molecule has 0 aliphatic carbocycles. The molecule has 1 aromatic carbocycles. The van der Waals surface area contributed by atoms with Gasteiger partial charge in [-0.05, 0) is 18.1 Å². The number of hydrogen-bond acceptors (Lipinski definition) is 3. The van der Waals surface area contributed by atoms with Gasteiger partial charge in [-0.1, -0.05) is 19.1 Å². The molecule has 0 unspecified atom stereocenters. The fraction of sp³-hybridized carbons (Fsp3) is 0.250. The lowest BCUT2D eigenvalue weighted by Crippen LogP contribution is -1.92. The van der Waals surface area contributed by atoms with Crippen LogP contribution in [-0.2, 0) is 0 Å². The predicted molar refractivity (Wildman–Crippen MR) is 56.6 cm³/mol. The Morgan fingerprint density at radius 2 is 2.13 bits per heavy atom. The van der Waals surface area contributed by atoms with Crippen LogP contribution in [0.2, 0.25) is 0 Å². The number of benzene rings is 1. The standard InChI is InChI=1S/C12H11NO2/c1-2-3-4-9-5-11-12(15-8-14-11)6-10(9)7-13/h3-6H,2,8H2,1H3/b4-3+. The minimum atomic E-state index is 0.237. The van der Waals surface area contributed by atoms with E-state index in [0.717, 1.165) is 12.0 Å². The number of rotatable bonds is 2. The number of fused-ring (bicyclic) bond motifs is 1. The number of ether oxygens (including phenoxy) is 2. The summed E-state index contributed by atoms with van der Waals surface area (Å²) >= 11 is 0. The molecule has 2 rings (SSSR count). The van der Waals surface area contributed by atoms with Crippen LogP contribution in [0.15, 0.2) is 18.2 Å². The van der Waals surface area contributed by atoms with E-state index in [2.05, 4.69) is 13.0 Å². The van der Waals surface area contributed by atoms with Crippen molar-refractivity contribution in [3.63, 3.8) is 0 Å². The SMILES string of the molecule is CC/C=C/c1cc2c(cc1C#N)OCO2. The Bertz CT molecular complexity index is 444. The topological polar surface area (TPSA) is 42.2 Å². The molecule has 3 nitrogen and oxygen atoms in total. The molecule has 0 radical (unpaired) electrons. The van der Waals surface area contributed by atoms with Crippen LogP contribution in [0.25, 0.3) is 6.08 Å². The summed E-state index contributed by atoms with van der Waals surface area (Å²) in [7, 11) is 0. The van der Waals surface area contributed by atoms with E-state index in [1.165, 1.54) is 0 Å². The largest absolute Gasteiger partial charge is 0.454 e. The summed E-state index contributed by atoms with van der Waals surface area (Å²) < 4.78 is 10.5. The van der Waals surface area contributed by atoms with Crippen molar-refractivity contribution >= 4 is 6.08 Å². The van der Waals surface area contributed by atoms with Crippen LogP contribution >= 0.6 is 0 Å². The van der Waals surface area contributed by atoms with Crippen molar-refractivity contribution in [3.8, 4) is 17.6 Å². The van der Waals surface area contributed by atoms with Gasteiger partial charge in [0.05, 0.1) is 11.6 Å². The van der Waals surface area contributed by atoms with Gasteiger partial charge in [-0.2, -0.15) is 5.26 Å². The van der Waals surface area contributed by atoms with Crippen LogP contribution < -0.4 is 9.47 Å². The van der Waals surface area contributed by atoms with Gasteiger partial charge in [0, 0.05) is 6.07 Å². The molecule has 1 heterocycles. The first kappa shape index (κ1) is 9.60. The monoisotopic (exact) mass is 201 g/mol. The lowest BCUT2D eigenvalue weighted by Gasteiger charge is -2.00. The van der Waals surface area contributed by atoms with Gasteiger partial charge in [0.2, 0.25) is 6.79 Å². The highest BCUT2D eigenvalue weighted by Crippen LogP contribution is 2.35. The minimum Gasteiger partial charge on any atom is -0.454 e. The van der Waals surface area contributed by atoms with Crippen molar-refractivity contribution in [2.45, 2.75) is 13.3 Å². The molecule has 0 fully saturated rings. The first-order valence-corrected chi connectivity index (χ1v) is 4.85. The zero-order valence-electron chi connectivity index (χ0n) is 8.49. The molecule has 1 aromatic rings. The highest BCUT2D eigenvalue weighted by molar-refractivity contribution is 5.64. The second-order valence-corrected chi connectivity index (χ2v) is 3.22. The van der Waals surface area contributed by atoms with Gasteiger partial charge >= 0.3 is 0 Å². The number of allylic oxidation sites excluding steroid dienone is 1. The molecule has 0 amide bonds. The van der Waals surface area contributed by atoms with E-state index in [-0.39, 0.29) is 6.79 Å². The Morgan fingerprint density at radius 1 is 1.40 bits per heavy atom. The Balaban J connectivity index is 2.45. The lowest BCUT2D eigenvalue weighted by molar-refractivity contribution is 0.174. The molecule has 0 N–H and O–H groups in total. The third kappa shape index (κ3) is 1.79. The molecule has 15 heavy (non-hydrogen) atoms. The van der Waals surface area contributed by atoms with Crippen molar-refractivity contribution in [1.82, 2.24) is 0 Å². The van der Waals surface area contributed by atoms with Crippen molar-refractivity contribution in [2.24, 2.45) is 0 Å². The van der Waals surface area contributed by atoms with Gasteiger partial charge in [0.25, 0.3) is 0 Å². The van der Waals surface area contributed by atoms with E-state index >= 15 is 0 Å². The molecule has 0 spiro atoms. The first-order chi connectivity index (χ1) is 7.35. The Labute approximate surface area is 88.5 Å². The third-order valence-corrected chi connectivity index (χ3v) is 2.20. The number of nitrogens with zero attached hydrogens (tertiary/aromatic N) is 1. The Hall–Kier alpha value is -1.95. The van der Waals surface area contributed by atoms with Gasteiger partial charge in [-0.3, -0.25) is 0 Å². The Morgan fingerprint density at radius 3 is 2.80 bits per heavy atom. The lowest BCUT2D eigenvalue weighted by atomic mass is 10.1. The fourth-order valence-electron chi connectivity index (χ4n) is 1.44. The molecule has 0 aromatic heterocycles. The molecule has 0 atom stereocenters. The molecular weight excluding hydrogens is 190 g/mol. The second-order valence-electron chi connectivity index (χ2n) is 3.22. The predicted octanol–water partition coefficient (Wildman–Crippen LogP) is 2.71. The van der Waals surface area contributed by atoms with Crippen LogP contribution in [0, 0.1) is 11.3 Å². The van der Waals surface area contributed by atoms with Crippen molar-refractivity contribution < 1.29 is 9.47 Å². The maximum atomic E-state index is 8.97. The number of hydrogen-bond donors (Lipinski definition) is 0. The van der Waals surface area contributed by atoms with E-state index in [4.69, 9.17) is 14.7 Å². The summed E-state index contributed by atoms with van der Waals surface area (Å²) in [5, 5.41) is 8.97. The zero-order chi connectivity index (χ0) is 10.7. The van der Waals surface area contributed by atoms with Crippen LogP contribution in [0.4, 0.5) is 0 Å². The summed E-state index contributed by atoms with van der Waals surface area (Å²) in [4.78, 5) is 0. The fourth-order valence-corrected chi connectivity index (χ4v) is 1.44. The summed E-state index contributed by atoms with van der Waals surface area (Å²) in [6.07, 6.45) is 4.89. The van der Waals surface area contributed by atoms with Crippen molar-refractivity contribution in [2.75, 3.05) is 6.79 Å². The van der Waals surface area contributed by atoms with Gasteiger partial charge in [-0.25, -0.2) is 0 Å². The number of nitriles is 1. The third-order valence-electron chi connectivity index (χ3n) is 2.20. The normalized spacial score (nSPS) is 13.1. The van der Waals surface area contributed by atoms with Crippen LogP contribution in [0.3, 0.4) is 0 Å². The van der Waals surface area contributed by atoms with Gasteiger partial charge < -0.3 is 9.47 Å². The molecule has 0 saturated carbocycles. The van der Waals surface area contributed by atoms with Gasteiger partial charge in [0.1, 0.15) is 0 Å². The van der Waals surface area contributed by atoms with Gasteiger partial charge in [-0.15, -0.1) is 0 Å². The molecule has 1 aliphatic rings. The summed E-state index contributed by atoms with van der Waals surface area (Å²) in [5.41, 5.74) is 1.49. The Kier molecular flexibility index (Phi) is 2.59. The average molecular weight is 201 g/mol. The van der Waals surface area contributed by atoms with E-state index in [0.29, 0.717) is 17.1 Å². The minimum absolute atomic E-state index is 0.237. The summed E-state index contributed by atoms with van der Waals surface area (Å²) in [6, 6.07) is 5.71. The smallest absolute Gasteiger partial charge is 0.231 e. The maximum absolute atomic E-state index is 8.97. The average Bonchev–Trinajstić information content (AvgIpc) is 2.71. The molecule has 0 saturated heterocycles. The zero-order valence-corrected chi connectivity index (χ0v) is 8.49. The summed E-state index contributed by atoms with van der Waals surface area (Å²) in [6.45, 7) is 2.29.